The van der Waals surface area contributed by atoms with E-state index in [1.807, 2.05) is 0 Å². The van der Waals surface area contributed by atoms with Crippen LogP contribution in [0.15, 0.2) is 23.2 Å². The number of aryl methyl sites for hydroxylation is 1. The third-order valence-electron chi connectivity index (χ3n) is 1.55. The maximum absolute atomic E-state index is 10.6. The van der Waals surface area contributed by atoms with E-state index in [1.165, 1.54) is 18.2 Å². The summed E-state index contributed by atoms with van der Waals surface area (Å²) in [7, 11) is 0. The average Bonchev–Trinajstić information content (AvgIpc) is 2.04. The molecule has 0 unspecified atom stereocenters. The molecule has 0 amide bonds. The minimum Gasteiger partial charge on any atom is -0.478 e. The maximum atomic E-state index is 10.6. The Balaban J connectivity index is 3.34. The first-order valence-electron chi connectivity index (χ1n) is 3.57. The summed E-state index contributed by atoms with van der Waals surface area (Å²) in [5.41, 5.74) is 0.996. The van der Waals surface area contributed by atoms with Crippen LogP contribution in [0.3, 0.4) is 0 Å². The molecule has 0 fully saturated rings. The summed E-state index contributed by atoms with van der Waals surface area (Å²) in [6, 6.07) is 4.58. The standard InChI is InChI=1S/C9H7NO3/c1-6-2-3-7(9(12)13)8(4-6)10-5-11/h2-4H,1H3,(H,12,13). The summed E-state index contributed by atoms with van der Waals surface area (Å²) in [5.74, 6) is -1.10. The van der Waals surface area contributed by atoms with E-state index in [9.17, 15) is 9.59 Å². The fourth-order valence-electron chi connectivity index (χ4n) is 0.964. The highest BCUT2D eigenvalue weighted by atomic mass is 16.4. The second-order valence-electron chi connectivity index (χ2n) is 2.53. The number of benzene rings is 1. The van der Waals surface area contributed by atoms with Gasteiger partial charge in [0, 0.05) is 0 Å². The second kappa shape index (κ2) is 3.65. The minimum absolute atomic E-state index is 0.00829. The molecule has 0 saturated carbocycles. The van der Waals surface area contributed by atoms with E-state index in [0.717, 1.165) is 5.56 Å². The van der Waals surface area contributed by atoms with Crippen LogP contribution in [-0.2, 0) is 4.79 Å². The monoisotopic (exact) mass is 177 g/mol. The van der Waals surface area contributed by atoms with Gasteiger partial charge in [0.1, 0.15) is 0 Å². The molecule has 0 aromatic heterocycles. The first-order valence-corrected chi connectivity index (χ1v) is 3.57. The van der Waals surface area contributed by atoms with Gasteiger partial charge >= 0.3 is 5.97 Å². The number of carboxylic acids is 1. The Labute approximate surface area is 74.5 Å². The van der Waals surface area contributed by atoms with E-state index >= 15 is 0 Å². The zero-order valence-electron chi connectivity index (χ0n) is 6.94. The Kier molecular flexibility index (Phi) is 2.57. The smallest absolute Gasteiger partial charge is 0.337 e. The van der Waals surface area contributed by atoms with Gasteiger partial charge in [0.2, 0.25) is 6.08 Å². The van der Waals surface area contributed by atoms with Crippen LogP contribution in [0.25, 0.3) is 0 Å². The van der Waals surface area contributed by atoms with Gasteiger partial charge in [-0.25, -0.2) is 9.59 Å². The molecular formula is C9H7NO3. The van der Waals surface area contributed by atoms with E-state index in [4.69, 9.17) is 5.11 Å². The molecule has 0 atom stereocenters. The summed E-state index contributed by atoms with van der Waals surface area (Å²) in [6.45, 7) is 1.79. The molecule has 0 saturated heterocycles. The summed E-state index contributed by atoms with van der Waals surface area (Å²) in [5, 5.41) is 8.69. The lowest BCUT2D eigenvalue weighted by molar-refractivity contribution is 0.0698. The van der Waals surface area contributed by atoms with Gasteiger partial charge in [-0.3, -0.25) is 0 Å². The van der Waals surface area contributed by atoms with Crippen LogP contribution in [-0.4, -0.2) is 17.2 Å². The van der Waals surface area contributed by atoms with E-state index in [0.29, 0.717) is 0 Å². The SMILES string of the molecule is Cc1ccc(C(=O)O)c(N=C=O)c1. The number of nitrogens with zero attached hydrogens (tertiary/aromatic N) is 1. The first-order chi connectivity index (χ1) is 6.15. The van der Waals surface area contributed by atoms with E-state index < -0.39 is 5.97 Å². The number of carboxylic acid groups (broad SMARTS) is 1. The average molecular weight is 177 g/mol. The van der Waals surface area contributed by atoms with Gasteiger partial charge < -0.3 is 5.11 Å². The summed E-state index contributed by atoms with van der Waals surface area (Å²) in [6.07, 6.45) is 1.32. The number of aromatic carboxylic acids is 1. The molecule has 66 valence electrons. The van der Waals surface area contributed by atoms with Crippen molar-refractivity contribution in [3.63, 3.8) is 0 Å². The maximum Gasteiger partial charge on any atom is 0.337 e. The number of hydrogen-bond acceptors (Lipinski definition) is 3. The third kappa shape index (κ3) is 2.01. The Morgan fingerprint density at radius 3 is 2.77 bits per heavy atom. The molecule has 1 rings (SSSR count). The third-order valence-corrected chi connectivity index (χ3v) is 1.55. The van der Waals surface area contributed by atoms with Crippen LogP contribution >= 0.6 is 0 Å². The summed E-state index contributed by atoms with van der Waals surface area (Å²) < 4.78 is 0. The highest BCUT2D eigenvalue weighted by Gasteiger charge is 2.08. The van der Waals surface area contributed by atoms with Gasteiger partial charge in [0.25, 0.3) is 0 Å². The lowest BCUT2D eigenvalue weighted by Crippen LogP contribution is -1.96. The largest absolute Gasteiger partial charge is 0.478 e. The Morgan fingerprint density at radius 1 is 1.54 bits per heavy atom. The number of carbonyl (C=O) groups is 1. The Morgan fingerprint density at radius 2 is 2.23 bits per heavy atom. The van der Waals surface area contributed by atoms with Crippen molar-refractivity contribution in [2.24, 2.45) is 4.99 Å². The van der Waals surface area contributed by atoms with Crippen LogP contribution in [0, 0.1) is 6.92 Å². The van der Waals surface area contributed by atoms with Crippen molar-refractivity contribution >= 4 is 17.7 Å². The normalized spacial score (nSPS) is 9.00. The molecule has 0 aliphatic rings. The Hall–Kier alpha value is -1.93. The summed E-state index contributed by atoms with van der Waals surface area (Å²) in [4.78, 5) is 23.9. The molecule has 1 aromatic rings. The molecule has 1 aromatic carbocycles. The van der Waals surface area contributed by atoms with Crippen molar-refractivity contribution in [1.82, 2.24) is 0 Å². The minimum atomic E-state index is -1.10. The van der Waals surface area contributed by atoms with E-state index in [-0.39, 0.29) is 11.3 Å². The Bertz CT molecular complexity index is 392. The van der Waals surface area contributed by atoms with Gasteiger partial charge in [-0.1, -0.05) is 6.07 Å². The molecule has 4 nitrogen and oxygen atoms in total. The van der Waals surface area contributed by atoms with Crippen molar-refractivity contribution < 1.29 is 14.7 Å². The molecule has 0 spiro atoms. The second-order valence-corrected chi connectivity index (χ2v) is 2.53. The van der Waals surface area contributed by atoms with Gasteiger partial charge in [0.15, 0.2) is 0 Å². The topological polar surface area (TPSA) is 66.7 Å². The van der Waals surface area contributed by atoms with Gasteiger partial charge in [-0.05, 0) is 24.6 Å². The zero-order chi connectivity index (χ0) is 9.84. The number of isocyanates is 1. The lowest BCUT2D eigenvalue weighted by Gasteiger charge is -1.99. The van der Waals surface area contributed by atoms with E-state index in [2.05, 4.69) is 4.99 Å². The molecule has 1 N–H and O–H groups in total. The number of aliphatic imine (C=N–C) groups is 1. The zero-order valence-corrected chi connectivity index (χ0v) is 6.94. The number of carbonyl (C=O) groups excluding carboxylic acids is 1. The number of hydrogen-bond donors (Lipinski definition) is 1. The molecule has 0 bridgehead atoms. The molecular weight excluding hydrogens is 170 g/mol. The highest BCUT2D eigenvalue weighted by molar-refractivity contribution is 5.93. The van der Waals surface area contributed by atoms with Crippen molar-refractivity contribution in [3.05, 3.63) is 29.3 Å². The van der Waals surface area contributed by atoms with Gasteiger partial charge in [-0.15, -0.1) is 0 Å². The lowest BCUT2D eigenvalue weighted by atomic mass is 10.1. The molecule has 13 heavy (non-hydrogen) atoms. The van der Waals surface area contributed by atoms with Gasteiger partial charge in [0.05, 0.1) is 11.3 Å². The van der Waals surface area contributed by atoms with Crippen LogP contribution in [0.4, 0.5) is 5.69 Å². The number of rotatable bonds is 2. The van der Waals surface area contributed by atoms with Crippen molar-refractivity contribution in [3.8, 4) is 0 Å². The van der Waals surface area contributed by atoms with E-state index in [1.54, 1.807) is 13.0 Å². The first kappa shape index (κ1) is 9.16. The quantitative estimate of drug-likeness (QED) is 0.551. The van der Waals surface area contributed by atoms with Crippen LogP contribution in [0.5, 0.6) is 0 Å². The highest BCUT2D eigenvalue weighted by Crippen LogP contribution is 2.19. The fraction of sp³-hybridized carbons (Fsp3) is 0.111. The van der Waals surface area contributed by atoms with Crippen LogP contribution in [0.1, 0.15) is 15.9 Å². The molecule has 0 aliphatic carbocycles. The molecule has 0 radical (unpaired) electrons. The van der Waals surface area contributed by atoms with Crippen molar-refractivity contribution in [2.75, 3.05) is 0 Å². The predicted molar refractivity (Wildman–Crippen MR) is 45.9 cm³/mol. The molecule has 0 heterocycles. The van der Waals surface area contributed by atoms with Crippen LogP contribution < -0.4 is 0 Å². The van der Waals surface area contributed by atoms with Crippen LogP contribution in [0.2, 0.25) is 0 Å². The predicted octanol–water partition coefficient (Wildman–Crippen LogP) is 1.66. The summed E-state index contributed by atoms with van der Waals surface area (Å²) >= 11 is 0. The fourth-order valence-corrected chi connectivity index (χ4v) is 0.964. The molecule has 0 aliphatic heterocycles. The van der Waals surface area contributed by atoms with Crippen molar-refractivity contribution in [1.29, 1.82) is 0 Å². The van der Waals surface area contributed by atoms with Gasteiger partial charge in [-0.2, -0.15) is 4.99 Å². The molecule has 4 heteroatoms. The van der Waals surface area contributed by atoms with Crippen molar-refractivity contribution in [2.45, 2.75) is 6.92 Å².